The van der Waals surface area contributed by atoms with Crippen LogP contribution in [-0.4, -0.2) is 18.6 Å². The molecule has 3 rings (SSSR count). The maximum absolute atomic E-state index is 14.7. The van der Waals surface area contributed by atoms with E-state index in [0.29, 0.717) is 31.3 Å². The zero-order chi connectivity index (χ0) is 27.8. The van der Waals surface area contributed by atoms with Crippen molar-refractivity contribution in [1.29, 1.82) is 0 Å². The lowest BCUT2D eigenvalue weighted by atomic mass is 9.73. The van der Waals surface area contributed by atoms with Gasteiger partial charge in [0.25, 0.3) is 0 Å². The molecule has 0 aliphatic heterocycles. The van der Waals surface area contributed by atoms with Crippen LogP contribution in [0.4, 0.5) is 22.0 Å². The molecule has 1 aliphatic rings. The Morgan fingerprint density at radius 3 is 2.11 bits per heavy atom. The molecular formula is C27H29F5O4S. The van der Waals surface area contributed by atoms with E-state index in [1.165, 1.54) is 0 Å². The molecule has 0 saturated carbocycles. The summed E-state index contributed by atoms with van der Waals surface area (Å²) >= 11 is 0. The molecule has 0 fully saturated rings. The zero-order valence-corrected chi connectivity index (χ0v) is 21.6. The number of aryl methyl sites for hydroxylation is 1. The van der Waals surface area contributed by atoms with Gasteiger partial charge in [0.1, 0.15) is 21.3 Å². The standard InChI is InChI=1S/C27H29F5O4S/c1-5-6-7-8-15-12-18(33)19(17-11-14(4)9-10-16(17)13(2)3)25(34)26(15)37(35,36)27-23(31)21(29)20(28)22(30)24(27)32/h11-12,16-17,33-34H,2,5-10H2,1,3-4H3. The monoisotopic (exact) mass is 544 g/mol. The van der Waals surface area contributed by atoms with Crippen molar-refractivity contribution < 1.29 is 40.6 Å². The Morgan fingerprint density at radius 1 is 1.00 bits per heavy atom. The molecule has 10 heteroatoms. The summed E-state index contributed by atoms with van der Waals surface area (Å²) in [6, 6.07) is 1.08. The highest BCUT2D eigenvalue weighted by Crippen LogP contribution is 2.50. The molecule has 0 bridgehead atoms. The number of benzene rings is 2. The molecule has 1 aliphatic carbocycles. The third-order valence-electron chi connectivity index (χ3n) is 6.82. The lowest BCUT2D eigenvalue weighted by Gasteiger charge is -2.32. The minimum atomic E-state index is -5.49. The van der Waals surface area contributed by atoms with E-state index in [1.807, 2.05) is 13.8 Å². The van der Waals surface area contributed by atoms with Crippen molar-refractivity contribution in [2.24, 2.45) is 5.92 Å². The van der Waals surface area contributed by atoms with Crippen LogP contribution in [0.2, 0.25) is 0 Å². The fraction of sp³-hybridized carbons (Fsp3) is 0.407. The van der Waals surface area contributed by atoms with Gasteiger partial charge in [-0.3, -0.25) is 0 Å². The topological polar surface area (TPSA) is 74.6 Å². The second-order valence-electron chi connectivity index (χ2n) is 9.54. The molecule has 0 aromatic heterocycles. The van der Waals surface area contributed by atoms with Gasteiger partial charge in [-0.1, -0.05) is 43.6 Å². The molecule has 0 saturated heterocycles. The van der Waals surface area contributed by atoms with Crippen molar-refractivity contribution >= 4 is 9.84 Å². The lowest BCUT2D eigenvalue weighted by molar-refractivity contribution is 0.357. The highest BCUT2D eigenvalue weighted by Gasteiger charge is 2.40. The molecule has 2 unspecified atom stereocenters. The molecule has 202 valence electrons. The third-order valence-corrected chi connectivity index (χ3v) is 8.71. The first kappa shape index (κ1) is 28.7. The summed E-state index contributed by atoms with van der Waals surface area (Å²) < 4.78 is 98.1. The molecule has 0 amide bonds. The summed E-state index contributed by atoms with van der Waals surface area (Å²) in [5.74, 6) is -14.9. The van der Waals surface area contributed by atoms with Crippen molar-refractivity contribution in [3.05, 3.63) is 70.1 Å². The molecule has 2 aromatic rings. The Balaban J connectivity index is 2.40. The number of phenolic OH excluding ortho intramolecular Hbond substituents is 2. The molecule has 2 aromatic carbocycles. The quantitative estimate of drug-likeness (QED) is 0.0909. The Kier molecular flexibility index (Phi) is 8.41. The largest absolute Gasteiger partial charge is 0.507 e. The lowest BCUT2D eigenvalue weighted by Crippen LogP contribution is -2.19. The summed E-state index contributed by atoms with van der Waals surface area (Å²) in [6.07, 6.45) is 4.70. The molecule has 0 radical (unpaired) electrons. The van der Waals surface area contributed by atoms with E-state index in [4.69, 9.17) is 0 Å². The van der Waals surface area contributed by atoms with E-state index in [-0.39, 0.29) is 23.5 Å². The van der Waals surface area contributed by atoms with Crippen molar-refractivity contribution in [2.75, 3.05) is 0 Å². The Hall–Kier alpha value is -2.88. The molecule has 4 nitrogen and oxygen atoms in total. The highest BCUT2D eigenvalue weighted by atomic mass is 32.2. The van der Waals surface area contributed by atoms with Crippen molar-refractivity contribution in [3.63, 3.8) is 0 Å². The average molecular weight is 545 g/mol. The highest BCUT2D eigenvalue weighted by molar-refractivity contribution is 7.91. The number of unbranched alkanes of at least 4 members (excludes halogenated alkanes) is 2. The van der Waals surface area contributed by atoms with Crippen LogP contribution in [0.25, 0.3) is 0 Å². The van der Waals surface area contributed by atoms with Gasteiger partial charge in [0, 0.05) is 11.5 Å². The number of sulfone groups is 1. The average Bonchev–Trinajstić information content (AvgIpc) is 2.81. The van der Waals surface area contributed by atoms with Crippen LogP contribution in [0, 0.1) is 35.0 Å². The predicted molar refractivity (Wildman–Crippen MR) is 129 cm³/mol. The van der Waals surface area contributed by atoms with Gasteiger partial charge in [0.15, 0.2) is 23.3 Å². The van der Waals surface area contributed by atoms with Crippen LogP contribution in [0.1, 0.15) is 69.9 Å². The normalized spacial score (nSPS) is 18.1. The van der Waals surface area contributed by atoms with Gasteiger partial charge in [0.2, 0.25) is 15.7 Å². The smallest absolute Gasteiger partial charge is 0.216 e. The second-order valence-corrected chi connectivity index (χ2v) is 11.4. The molecule has 0 heterocycles. The number of allylic oxidation sites excluding steroid dienone is 3. The van der Waals surface area contributed by atoms with Gasteiger partial charge in [-0.25, -0.2) is 30.4 Å². The minimum Gasteiger partial charge on any atom is -0.507 e. The summed E-state index contributed by atoms with van der Waals surface area (Å²) in [6.45, 7) is 9.38. The van der Waals surface area contributed by atoms with E-state index < -0.39 is 66.1 Å². The first-order valence-electron chi connectivity index (χ1n) is 11.9. The fourth-order valence-electron chi connectivity index (χ4n) is 4.91. The van der Waals surface area contributed by atoms with Crippen LogP contribution in [0.15, 0.2) is 39.7 Å². The van der Waals surface area contributed by atoms with Gasteiger partial charge >= 0.3 is 0 Å². The van der Waals surface area contributed by atoms with Crippen LogP contribution in [0.5, 0.6) is 11.5 Å². The van der Waals surface area contributed by atoms with E-state index in [2.05, 4.69) is 6.58 Å². The summed E-state index contributed by atoms with van der Waals surface area (Å²) in [7, 11) is -5.49. The zero-order valence-electron chi connectivity index (χ0n) is 20.8. The molecular weight excluding hydrogens is 515 g/mol. The Bertz CT molecular complexity index is 1350. The first-order chi connectivity index (χ1) is 17.2. The number of phenols is 2. The van der Waals surface area contributed by atoms with Gasteiger partial charge < -0.3 is 10.2 Å². The van der Waals surface area contributed by atoms with Gasteiger partial charge in [-0.15, -0.1) is 0 Å². The fourth-order valence-corrected chi connectivity index (χ4v) is 6.64. The Morgan fingerprint density at radius 2 is 1.57 bits per heavy atom. The van der Waals surface area contributed by atoms with Gasteiger partial charge in [-0.05, 0) is 57.1 Å². The van der Waals surface area contributed by atoms with E-state index in [1.54, 1.807) is 13.0 Å². The number of halogens is 5. The van der Waals surface area contributed by atoms with Crippen LogP contribution >= 0.6 is 0 Å². The number of aromatic hydroxyl groups is 2. The number of hydrogen-bond donors (Lipinski definition) is 2. The SMILES string of the molecule is C=C(C)C1CCC(C)=CC1c1c(O)cc(CCCCC)c(S(=O)(=O)c2c(F)c(F)c(F)c(F)c2F)c1O. The molecule has 0 spiro atoms. The summed E-state index contributed by atoms with van der Waals surface area (Å²) in [5, 5.41) is 22.2. The molecule has 2 N–H and O–H groups in total. The second kappa shape index (κ2) is 10.8. The Labute approximate surface area is 213 Å². The summed E-state index contributed by atoms with van der Waals surface area (Å²) in [4.78, 5) is -3.05. The number of hydrogen-bond acceptors (Lipinski definition) is 4. The van der Waals surface area contributed by atoms with Crippen molar-refractivity contribution in [1.82, 2.24) is 0 Å². The van der Waals surface area contributed by atoms with Crippen molar-refractivity contribution in [3.8, 4) is 11.5 Å². The molecule has 37 heavy (non-hydrogen) atoms. The van der Waals surface area contributed by atoms with E-state index in [0.717, 1.165) is 18.1 Å². The third kappa shape index (κ3) is 5.12. The predicted octanol–water partition coefficient (Wildman–Crippen LogP) is 7.37. The maximum Gasteiger partial charge on any atom is 0.216 e. The first-order valence-corrected chi connectivity index (χ1v) is 13.4. The summed E-state index contributed by atoms with van der Waals surface area (Å²) in [5.41, 5.74) is 1.19. The van der Waals surface area contributed by atoms with Gasteiger partial charge in [-0.2, -0.15) is 0 Å². The van der Waals surface area contributed by atoms with Crippen LogP contribution in [-0.2, 0) is 16.3 Å². The van der Waals surface area contributed by atoms with Crippen LogP contribution < -0.4 is 0 Å². The van der Waals surface area contributed by atoms with Crippen molar-refractivity contribution in [2.45, 2.75) is 75.0 Å². The van der Waals surface area contributed by atoms with Gasteiger partial charge in [0.05, 0.1) is 0 Å². The van der Waals surface area contributed by atoms with E-state index >= 15 is 0 Å². The molecule has 2 atom stereocenters. The van der Waals surface area contributed by atoms with Crippen LogP contribution in [0.3, 0.4) is 0 Å². The minimum absolute atomic E-state index is 0.0390. The number of rotatable bonds is 8. The maximum atomic E-state index is 14.7. The van der Waals surface area contributed by atoms with E-state index in [9.17, 15) is 40.6 Å².